The number of likely N-dealkylation sites (N-methyl/N-ethyl adjacent to an activating group) is 1. The second-order valence-corrected chi connectivity index (χ2v) is 11.1. The summed E-state index contributed by atoms with van der Waals surface area (Å²) in [5.41, 5.74) is 3.10. The zero-order chi connectivity index (χ0) is 23.2. The van der Waals surface area contributed by atoms with Crippen molar-refractivity contribution in [2.45, 2.75) is 24.5 Å². The second-order valence-electron chi connectivity index (χ2n) is 8.49. The highest BCUT2D eigenvalue weighted by Crippen LogP contribution is 2.35. The molecule has 0 saturated heterocycles. The summed E-state index contributed by atoms with van der Waals surface area (Å²) in [6, 6.07) is 17.8. The number of hydrogen-bond acceptors (Lipinski definition) is 6. The van der Waals surface area contributed by atoms with Crippen LogP contribution in [0.2, 0.25) is 5.02 Å². The lowest BCUT2D eigenvalue weighted by molar-refractivity contribution is 0.318. The van der Waals surface area contributed by atoms with Crippen molar-refractivity contribution in [3.63, 3.8) is 0 Å². The first-order chi connectivity index (χ1) is 16.6. The van der Waals surface area contributed by atoms with E-state index in [-0.39, 0.29) is 5.56 Å². The maximum Gasteiger partial charge on any atom is 0.268 e. The topological polar surface area (TPSA) is 55.4 Å². The molecule has 0 fully saturated rings. The molecular formula is C25H22ClN5OS2. The lowest BCUT2D eigenvalue weighted by atomic mass is 10.1. The number of halogens is 1. The van der Waals surface area contributed by atoms with Gasteiger partial charge in [-0.1, -0.05) is 59.8 Å². The summed E-state index contributed by atoms with van der Waals surface area (Å²) in [6.07, 6.45) is 1.80. The van der Waals surface area contributed by atoms with Gasteiger partial charge in [0.25, 0.3) is 5.56 Å². The van der Waals surface area contributed by atoms with Gasteiger partial charge in [0.1, 0.15) is 4.83 Å². The van der Waals surface area contributed by atoms with Crippen molar-refractivity contribution in [1.82, 2.24) is 24.1 Å². The van der Waals surface area contributed by atoms with E-state index in [0.717, 1.165) is 52.6 Å². The van der Waals surface area contributed by atoms with Gasteiger partial charge in [0, 0.05) is 28.7 Å². The molecule has 0 radical (unpaired) electrons. The van der Waals surface area contributed by atoms with E-state index in [4.69, 9.17) is 11.6 Å². The highest BCUT2D eigenvalue weighted by Gasteiger charge is 2.26. The molecule has 9 heteroatoms. The number of thiophene rings is 1. The standard InChI is InChI=1S/C25H22ClN5OS2/c1-29-12-10-19-20(15-29)34-23-21(19)22(32)30(18-9-5-8-17(26)14-18)24-27-28-25(31(23)24)33-13-11-16-6-3-2-4-7-16/h2-9,14H,10-13,15H2,1H3. The van der Waals surface area contributed by atoms with Crippen LogP contribution in [0.5, 0.6) is 0 Å². The van der Waals surface area contributed by atoms with Crippen LogP contribution in [0, 0.1) is 0 Å². The number of aromatic nitrogens is 4. The molecule has 0 atom stereocenters. The summed E-state index contributed by atoms with van der Waals surface area (Å²) >= 11 is 9.65. The minimum Gasteiger partial charge on any atom is -0.301 e. The molecule has 6 rings (SSSR count). The zero-order valence-electron chi connectivity index (χ0n) is 18.6. The van der Waals surface area contributed by atoms with Crippen LogP contribution in [0.3, 0.4) is 0 Å². The fourth-order valence-electron chi connectivity index (χ4n) is 4.53. The largest absolute Gasteiger partial charge is 0.301 e. The average Bonchev–Trinajstić information content (AvgIpc) is 3.41. The van der Waals surface area contributed by atoms with Gasteiger partial charge in [-0.25, -0.2) is 8.97 Å². The van der Waals surface area contributed by atoms with Crippen molar-refractivity contribution < 1.29 is 0 Å². The quantitative estimate of drug-likeness (QED) is 0.311. The summed E-state index contributed by atoms with van der Waals surface area (Å²) in [5.74, 6) is 1.39. The van der Waals surface area contributed by atoms with Gasteiger partial charge in [0.15, 0.2) is 5.16 Å². The molecule has 0 bridgehead atoms. The fraction of sp³-hybridized carbons (Fsp3) is 0.240. The molecule has 172 valence electrons. The third-order valence-corrected chi connectivity index (χ3v) is 8.56. The van der Waals surface area contributed by atoms with Gasteiger partial charge in [-0.15, -0.1) is 21.5 Å². The summed E-state index contributed by atoms with van der Waals surface area (Å²) in [7, 11) is 2.12. The first-order valence-electron chi connectivity index (χ1n) is 11.2. The Balaban J connectivity index is 1.54. The Morgan fingerprint density at radius 2 is 1.97 bits per heavy atom. The normalized spacial score (nSPS) is 14.2. The molecule has 1 aliphatic rings. The van der Waals surface area contributed by atoms with Crippen LogP contribution in [-0.2, 0) is 19.4 Å². The molecule has 0 unspecified atom stereocenters. The third kappa shape index (κ3) is 3.75. The maximum absolute atomic E-state index is 13.9. The lowest BCUT2D eigenvalue weighted by Gasteiger charge is -2.21. The molecule has 5 aromatic rings. The van der Waals surface area contributed by atoms with Crippen molar-refractivity contribution in [1.29, 1.82) is 0 Å². The van der Waals surface area contributed by atoms with E-state index in [1.807, 2.05) is 24.3 Å². The Hall–Kier alpha value is -2.65. The minimum atomic E-state index is -0.0555. The van der Waals surface area contributed by atoms with E-state index in [9.17, 15) is 4.79 Å². The Kier molecular flexibility index (Phi) is 5.69. The average molecular weight is 508 g/mol. The first kappa shape index (κ1) is 21.9. The summed E-state index contributed by atoms with van der Waals surface area (Å²) in [5, 5.41) is 11.2. The molecule has 4 heterocycles. The van der Waals surface area contributed by atoms with Crippen LogP contribution in [0.4, 0.5) is 0 Å². The van der Waals surface area contributed by atoms with Gasteiger partial charge in [-0.05, 0) is 49.2 Å². The number of fused-ring (bicyclic) bond motifs is 5. The van der Waals surface area contributed by atoms with Crippen molar-refractivity contribution >= 4 is 50.7 Å². The van der Waals surface area contributed by atoms with E-state index < -0.39 is 0 Å². The van der Waals surface area contributed by atoms with E-state index in [0.29, 0.717) is 16.5 Å². The predicted octanol–water partition coefficient (Wildman–Crippen LogP) is 5.07. The number of nitrogens with zero attached hydrogens (tertiary/aromatic N) is 5. The molecule has 34 heavy (non-hydrogen) atoms. The van der Waals surface area contributed by atoms with Gasteiger partial charge in [-0.3, -0.25) is 4.79 Å². The van der Waals surface area contributed by atoms with Gasteiger partial charge in [0.05, 0.1) is 11.1 Å². The van der Waals surface area contributed by atoms with Crippen molar-refractivity contribution in [3.8, 4) is 5.69 Å². The van der Waals surface area contributed by atoms with Crippen LogP contribution < -0.4 is 5.56 Å². The van der Waals surface area contributed by atoms with E-state index in [2.05, 4.69) is 50.8 Å². The van der Waals surface area contributed by atoms with Gasteiger partial charge >= 0.3 is 0 Å². The van der Waals surface area contributed by atoms with E-state index >= 15 is 0 Å². The predicted molar refractivity (Wildman–Crippen MR) is 140 cm³/mol. The lowest BCUT2D eigenvalue weighted by Crippen LogP contribution is -2.27. The van der Waals surface area contributed by atoms with Crippen LogP contribution in [0.25, 0.3) is 21.7 Å². The monoisotopic (exact) mass is 507 g/mol. The SMILES string of the molecule is CN1CCc2c(sc3c2c(=O)n(-c2cccc(Cl)c2)c2nnc(SCCc4ccccc4)n32)C1. The summed E-state index contributed by atoms with van der Waals surface area (Å²) in [4.78, 5) is 18.4. The molecule has 0 amide bonds. The summed E-state index contributed by atoms with van der Waals surface area (Å²) in [6.45, 7) is 1.79. The van der Waals surface area contributed by atoms with E-state index in [1.165, 1.54) is 10.4 Å². The number of thioether (sulfide) groups is 1. The van der Waals surface area contributed by atoms with Crippen molar-refractivity contribution in [2.24, 2.45) is 0 Å². The molecule has 0 N–H and O–H groups in total. The molecule has 0 aliphatic carbocycles. The highest BCUT2D eigenvalue weighted by atomic mass is 35.5. The Bertz CT molecular complexity index is 1570. The van der Waals surface area contributed by atoms with Crippen molar-refractivity contribution in [3.05, 3.63) is 86.0 Å². The molecule has 1 aliphatic heterocycles. The minimum absolute atomic E-state index is 0.0555. The van der Waals surface area contributed by atoms with Gasteiger partial charge in [-0.2, -0.15) is 0 Å². The molecule has 2 aromatic carbocycles. The van der Waals surface area contributed by atoms with Crippen LogP contribution in [0.1, 0.15) is 16.0 Å². The van der Waals surface area contributed by atoms with Crippen LogP contribution in [0.15, 0.2) is 64.5 Å². The third-order valence-electron chi connectivity index (χ3n) is 6.20. The molecule has 0 spiro atoms. The maximum atomic E-state index is 13.9. The Morgan fingerprint density at radius 1 is 1.12 bits per heavy atom. The number of rotatable bonds is 5. The molecule has 6 nitrogen and oxygen atoms in total. The second kappa shape index (κ2) is 8.85. The molecule has 0 saturated carbocycles. The number of aryl methyl sites for hydroxylation is 1. The molecular weight excluding hydrogens is 486 g/mol. The highest BCUT2D eigenvalue weighted by molar-refractivity contribution is 7.99. The Morgan fingerprint density at radius 3 is 2.79 bits per heavy atom. The zero-order valence-corrected chi connectivity index (χ0v) is 21.0. The van der Waals surface area contributed by atoms with Crippen LogP contribution in [-0.4, -0.2) is 43.4 Å². The van der Waals surface area contributed by atoms with Gasteiger partial charge < -0.3 is 4.90 Å². The van der Waals surface area contributed by atoms with Crippen molar-refractivity contribution in [2.75, 3.05) is 19.3 Å². The number of hydrogen-bond donors (Lipinski definition) is 0. The molecule has 3 aromatic heterocycles. The van der Waals surface area contributed by atoms with E-state index in [1.54, 1.807) is 33.7 Å². The summed E-state index contributed by atoms with van der Waals surface area (Å²) < 4.78 is 3.73. The fourth-order valence-corrected chi connectivity index (χ4v) is 7.11. The smallest absolute Gasteiger partial charge is 0.268 e. The first-order valence-corrected chi connectivity index (χ1v) is 13.3. The number of benzene rings is 2. The van der Waals surface area contributed by atoms with Crippen LogP contribution >= 0.6 is 34.7 Å². The van der Waals surface area contributed by atoms with Gasteiger partial charge in [0.2, 0.25) is 5.78 Å². The Labute approximate surface area is 209 Å².